The zero-order valence-electron chi connectivity index (χ0n) is 10.9. The fourth-order valence-corrected chi connectivity index (χ4v) is 0.897. The van der Waals surface area contributed by atoms with Gasteiger partial charge >= 0.3 is 23.9 Å². The third-order valence-corrected chi connectivity index (χ3v) is 1.88. The zero-order valence-corrected chi connectivity index (χ0v) is 10.9. The molecule has 0 fully saturated rings. The van der Waals surface area contributed by atoms with Gasteiger partial charge in [0.1, 0.15) is 0 Å². The lowest BCUT2D eigenvalue weighted by Crippen LogP contribution is -2.43. The molecular weight excluding hydrogens is 252 g/mol. The maximum atomic E-state index is 11.5. The van der Waals surface area contributed by atoms with Crippen LogP contribution in [0.1, 0.15) is 20.3 Å². The molecule has 0 aromatic heterocycles. The Labute approximate surface area is 111 Å². The molecule has 0 aromatic rings. The lowest BCUT2D eigenvalue weighted by molar-refractivity contribution is -0.325. The Morgan fingerprint density at radius 3 is 1.74 bits per heavy atom. The average Bonchev–Trinajstić information content (AvgIpc) is 2.37. The van der Waals surface area contributed by atoms with Gasteiger partial charge in [0.15, 0.2) is 0 Å². The molecule has 6 heteroatoms. The molecule has 0 radical (unpaired) electrons. The molecular formula is C13H16O6. The van der Waals surface area contributed by atoms with Gasteiger partial charge < -0.3 is 14.2 Å². The van der Waals surface area contributed by atoms with Crippen LogP contribution in [0.15, 0.2) is 37.5 Å². The molecule has 0 spiro atoms. The largest absolute Gasteiger partial charge is 0.423 e. The van der Waals surface area contributed by atoms with Crippen LogP contribution >= 0.6 is 0 Å². The van der Waals surface area contributed by atoms with Crippen LogP contribution in [0.5, 0.6) is 0 Å². The summed E-state index contributed by atoms with van der Waals surface area (Å²) in [5.41, 5.74) is 0.0575. The summed E-state index contributed by atoms with van der Waals surface area (Å²) in [6, 6.07) is 0. The number of carbonyl (C=O) groups excluding carboxylic acids is 3. The molecule has 0 saturated heterocycles. The van der Waals surface area contributed by atoms with Crippen molar-refractivity contribution >= 4 is 17.9 Å². The average molecular weight is 268 g/mol. The van der Waals surface area contributed by atoms with Crippen LogP contribution in [-0.2, 0) is 28.6 Å². The maximum absolute atomic E-state index is 11.5. The predicted octanol–water partition coefficient (Wildman–Crippen LogP) is 1.63. The molecule has 0 rings (SSSR count). The van der Waals surface area contributed by atoms with Crippen LogP contribution in [0.2, 0.25) is 0 Å². The highest BCUT2D eigenvalue weighted by Crippen LogP contribution is 2.22. The van der Waals surface area contributed by atoms with Crippen LogP contribution in [0.4, 0.5) is 0 Å². The van der Waals surface area contributed by atoms with Crippen molar-refractivity contribution in [2.24, 2.45) is 0 Å². The van der Waals surface area contributed by atoms with Crippen LogP contribution in [0, 0.1) is 0 Å². The van der Waals surface area contributed by atoms with Crippen molar-refractivity contribution in [1.82, 2.24) is 0 Å². The van der Waals surface area contributed by atoms with E-state index in [4.69, 9.17) is 14.2 Å². The monoisotopic (exact) mass is 268 g/mol. The van der Waals surface area contributed by atoms with Gasteiger partial charge in [0.2, 0.25) is 0 Å². The Morgan fingerprint density at radius 1 is 1.05 bits per heavy atom. The van der Waals surface area contributed by atoms with E-state index in [-0.39, 0.29) is 12.0 Å². The lowest BCUT2D eigenvalue weighted by atomic mass is 10.3. The van der Waals surface area contributed by atoms with Crippen molar-refractivity contribution in [2.45, 2.75) is 26.2 Å². The standard InChI is InChI=1S/C13H16O6/c1-6-10(14)17-13(8-3,18-11(15)7-2)19-12(16)9(4)5/h6-7H,1-2,4,8H2,3,5H3. The molecule has 0 aliphatic rings. The Hall–Kier alpha value is -2.37. The molecule has 19 heavy (non-hydrogen) atoms. The minimum absolute atomic E-state index is 0.0575. The second-order valence-electron chi connectivity index (χ2n) is 3.46. The van der Waals surface area contributed by atoms with Crippen molar-refractivity contribution in [3.63, 3.8) is 0 Å². The summed E-state index contributed by atoms with van der Waals surface area (Å²) >= 11 is 0. The first kappa shape index (κ1) is 16.6. The van der Waals surface area contributed by atoms with Gasteiger partial charge in [-0.25, -0.2) is 14.4 Å². The Bertz CT molecular complexity index is 399. The first-order valence-corrected chi connectivity index (χ1v) is 5.40. The number of rotatable bonds is 7. The van der Waals surface area contributed by atoms with E-state index in [1.165, 1.54) is 13.8 Å². The van der Waals surface area contributed by atoms with Gasteiger partial charge in [-0.3, -0.25) is 0 Å². The van der Waals surface area contributed by atoms with Crippen LogP contribution in [0.3, 0.4) is 0 Å². The molecule has 0 N–H and O–H groups in total. The second-order valence-corrected chi connectivity index (χ2v) is 3.46. The van der Waals surface area contributed by atoms with Gasteiger partial charge in [0.25, 0.3) is 0 Å². The van der Waals surface area contributed by atoms with Crippen LogP contribution in [0.25, 0.3) is 0 Å². The van der Waals surface area contributed by atoms with E-state index in [2.05, 4.69) is 19.7 Å². The summed E-state index contributed by atoms with van der Waals surface area (Å²) in [7, 11) is 0. The Kier molecular flexibility index (Phi) is 6.26. The molecule has 0 aliphatic carbocycles. The summed E-state index contributed by atoms with van der Waals surface area (Å²) in [5, 5.41) is 0. The third kappa shape index (κ3) is 5.20. The summed E-state index contributed by atoms with van der Waals surface area (Å²) < 4.78 is 14.5. The van der Waals surface area contributed by atoms with Gasteiger partial charge in [-0.1, -0.05) is 26.7 Å². The molecule has 0 heterocycles. The molecule has 0 aromatic carbocycles. The first-order chi connectivity index (χ1) is 8.80. The molecule has 6 nitrogen and oxygen atoms in total. The second kappa shape index (κ2) is 7.15. The number of hydrogen-bond acceptors (Lipinski definition) is 6. The molecule has 0 bridgehead atoms. The molecule has 0 aliphatic heterocycles. The number of hydrogen-bond donors (Lipinski definition) is 0. The molecule has 104 valence electrons. The summed E-state index contributed by atoms with van der Waals surface area (Å²) in [5.74, 6) is -4.84. The van der Waals surface area contributed by atoms with Crippen molar-refractivity contribution in [3.05, 3.63) is 37.5 Å². The lowest BCUT2D eigenvalue weighted by Gasteiger charge is -2.29. The maximum Gasteiger partial charge on any atom is 0.423 e. The highest BCUT2D eigenvalue weighted by atomic mass is 16.9. The molecule has 0 unspecified atom stereocenters. The number of esters is 3. The minimum Gasteiger partial charge on any atom is -0.385 e. The quantitative estimate of drug-likeness (QED) is 0.396. The fourth-order valence-electron chi connectivity index (χ4n) is 0.897. The number of carbonyl (C=O) groups is 3. The van der Waals surface area contributed by atoms with Crippen molar-refractivity contribution in [3.8, 4) is 0 Å². The van der Waals surface area contributed by atoms with Crippen molar-refractivity contribution < 1.29 is 28.6 Å². The Morgan fingerprint density at radius 2 is 1.47 bits per heavy atom. The van der Waals surface area contributed by atoms with Gasteiger partial charge in [-0.05, 0) is 6.92 Å². The highest BCUT2D eigenvalue weighted by molar-refractivity contribution is 5.88. The third-order valence-electron chi connectivity index (χ3n) is 1.88. The summed E-state index contributed by atoms with van der Waals surface area (Å²) in [4.78, 5) is 34.0. The SMILES string of the molecule is C=CC(=O)OC(CC)(OC(=O)C=C)OC(=O)C(=C)C. The van der Waals surface area contributed by atoms with E-state index in [1.54, 1.807) is 0 Å². The van der Waals surface area contributed by atoms with Gasteiger partial charge in [0.05, 0.1) is 6.42 Å². The first-order valence-electron chi connectivity index (χ1n) is 5.40. The highest BCUT2D eigenvalue weighted by Gasteiger charge is 2.41. The van der Waals surface area contributed by atoms with E-state index in [1.807, 2.05) is 0 Å². The van der Waals surface area contributed by atoms with E-state index in [0.29, 0.717) is 0 Å². The smallest absolute Gasteiger partial charge is 0.385 e. The summed E-state index contributed by atoms with van der Waals surface area (Å²) in [6.07, 6.45) is 1.59. The van der Waals surface area contributed by atoms with Crippen LogP contribution < -0.4 is 0 Å². The van der Waals surface area contributed by atoms with Gasteiger partial charge in [-0.15, -0.1) is 0 Å². The topological polar surface area (TPSA) is 78.9 Å². The molecule has 0 amide bonds. The Balaban J connectivity index is 5.25. The molecule has 0 atom stereocenters. The van der Waals surface area contributed by atoms with Crippen LogP contribution in [-0.4, -0.2) is 23.9 Å². The summed E-state index contributed by atoms with van der Waals surface area (Å²) in [6.45, 7) is 12.7. The zero-order chi connectivity index (χ0) is 15.1. The molecule has 0 saturated carbocycles. The van der Waals surface area contributed by atoms with E-state index >= 15 is 0 Å². The van der Waals surface area contributed by atoms with E-state index in [9.17, 15) is 14.4 Å². The minimum atomic E-state index is -2.16. The van der Waals surface area contributed by atoms with Gasteiger partial charge in [-0.2, -0.15) is 0 Å². The van der Waals surface area contributed by atoms with Crippen molar-refractivity contribution in [2.75, 3.05) is 0 Å². The normalized spacial score (nSPS) is 10.0. The van der Waals surface area contributed by atoms with E-state index < -0.39 is 23.9 Å². The number of ether oxygens (including phenoxy) is 3. The predicted molar refractivity (Wildman–Crippen MR) is 66.5 cm³/mol. The fraction of sp³-hybridized carbons (Fsp3) is 0.308. The van der Waals surface area contributed by atoms with Gasteiger partial charge in [0, 0.05) is 17.7 Å². The van der Waals surface area contributed by atoms with Crippen molar-refractivity contribution in [1.29, 1.82) is 0 Å². The van der Waals surface area contributed by atoms with E-state index in [0.717, 1.165) is 12.2 Å².